The third-order valence-electron chi connectivity index (χ3n) is 7.98. The molecule has 0 unspecified atom stereocenters. The van der Waals surface area contributed by atoms with Gasteiger partial charge in [-0.2, -0.15) is 0 Å². The van der Waals surface area contributed by atoms with Crippen LogP contribution in [0.3, 0.4) is 0 Å². The van der Waals surface area contributed by atoms with Crippen molar-refractivity contribution in [2.45, 2.75) is 84.0 Å². The molecule has 0 atom stereocenters. The van der Waals surface area contributed by atoms with Gasteiger partial charge in [-0.1, -0.05) is 93.7 Å². The first-order valence-electron chi connectivity index (χ1n) is 14.1. The lowest BCUT2D eigenvalue weighted by Gasteiger charge is -2.28. The zero-order valence-electron chi connectivity index (χ0n) is 22.0. The lowest BCUT2D eigenvalue weighted by atomic mass is 9.78. The Morgan fingerprint density at radius 2 is 1.53 bits per heavy atom. The molecule has 1 saturated carbocycles. The van der Waals surface area contributed by atoms with Crippen LogP contribution in [-0.4, -0.2) is 0 Å². The first-order valence-corrected chi connectivity index (χ1v) is 14.1. The van der Waals surface area contributed by atoms with Gasteiger partial charge in [0.1, 0.15) is 5.82 Å². The van der Waals surface area contributed by atoms with Gasteiger partial charge in [-0.15, -0.1) is 6.58 Å². The predicted octanol–water partition coefficient (Wildman–Crippen LogP) is 9.82. The van der Waals surface area contributed by atoms with Gasteiger partial charge >= 0.3 is 0 Å². The number of hydrogen-bond donors (Lipinski definition) is 0. The molecule has 0 aliphatic heterocycles. The van der Waals surface area contributed by atoms with E-state index in [9.17, 15) is 4.39 Å². The van der Waals surface area contributed by atoms with Gasteiger partial charge in [-0.05, 0) is 91.1 Å². The first-order chi connectivity index (χ1) is 17.7. The number of hydrogen-bond acceptors (Lipinski definition) is 0. The Balaban J connectivity index is 1.31. The number of halogens is 1. The minimum Gasteiger partial charge on any atom is -0.206 e. The molecule has 0 saturated heterocycles. The average Bonchev–Trinajstić information content (AvgIpc) is 2.92. The number of unbranched alkanes of at least 4 members (excludes halogenated alkanes) is 2. The highest BCUT2D eigenvalue weighted by Crippen LogP contribution is 2.34. The van der Waals surface area contributed by atoms with E-state index < -0.39 is 0 Å². The summed E-state index contributed by atoms with van der Waals surface area (Å²) >= 11 is 0. The van der Waals surface area contributed by atoms with Crippen molar-refractivity contribution in [3.63, 3.8) is 0 Å². The standard InChI is InChI=1S/C35H41F/c1-3-5-7-9-32-23-24-33-26-31(22-25-34(33)35(32)36)21-20-30-18-16-29(17-19-30)15-14-28-12-10-27(11-13-28)8-6-4-2/h4,16-19,22-28H,2-3,5-15H2,1H3. The van der Waals surface area contributed by atoms with Crippen molar-refractivity contribution >= 4 is 10.8 Å². The van der Waals surface area contributed by atoms with E-state index in [0.29, 0.717) is 5.39 Å². The summed E-state index contributed by atoms with van der Waals surface area (Å²) in [5.41, 5.74) is 4.18. The lowest BCUT2D eigenvalue weighted by molar-refractivity contribution is 0.254. The maximum atomic E-state index is 14.9. The van der Waals surface area contributed by atoms with E-state index in [0.717, 1.165) is 66.0 Å². The summed E-state index contributed by atoms with van der Waals surface area (Å²) < 4.78 is 14.9. The number of aryl methyl sites for hydroxylation is 2. The quantitative estimate of drug-likeness (QED) is 0.154. The molecule has 1 fully saturated rings. The summed E-state index contributed by atoms with van der Waals surface area (Å²) in [7, 11) is 0. The summed E-state index contributed by atoms with van der Waals surface area (Å²) in [6, 6.07) is 18.5. The molecular formula is C35H41F. The highest BCUT2D eigenvalue weighted by atomic mass is 19.1. The normalized spacial score (nSPS) is 17.5. The van der Waals surface area contributed by atoms with Crippen molar-refractivity contribution in [2.75, 3.05) is 0 Å². The smallest absolute Gasteiger partial charge is 0.134 e. The second-order valence-corrected chi connectivity index (χ2v) is 10.7. The Morgan fingerprint density at radius 3 is 2.25 bits per heavy atom. The molecule has 0 nitrogen and oxygen atoms in total. The molecule has 188 valence electrons. The van der Waals surface area contributed by atoms with Gasteiger partial charge in [0.05, 0.1) is 0 Å². The van der Waals surface area contributed by atoms with Gasteiger partial charge in [0.15, 0.2) is 0 Å². The summed E-state index contributed by atoms with van der Waals surface area (Å²) in [5, 5.41) is 1.62. The van der Waals surface area contributed by atoms with Gasteiger partial charge in [-0.3, -0.25) is 0 Å². The highest BCUT2D eigenvalue weighted by Gasteiger charge is 2.20. The number of rotatable bonds is 10. The molecule has 0 N–H and O–H groups in total. The zero-order chi connectivity index (χ0) is 25.2. The Kier molecular flexibility index (Phi) is 9.80. The topological polar surface area (TPSA) is 0 Å². The highest BCUT2D eigenvalue weighted by molar-refractivity contribution is 5.85. The summed E-state index contributed by atoms with van der Waals surface area (Å²) in [6.45, 7) is 6.03. The third kappa shape index (κ3) is 7.33. The van der Waals surface area contributed by atoms with Crippen LogP contribution in [-0.2, 0) is 12.8 Å². The Bertz CT molecular complexity index is 1180. The fraction of sp³-hybridized carbons (Fsp3) is 0.429. The largest absolute Gasteiger partial charge is 0.206 e. The Morgan fingerprint density at radius 1 is 0.833 bits per heavy atom. The lowest BCUT2D eigenvalue weighted by Crippen LogP contribution is -2.15. The molecule has 36 heavy (non-hydrogen) atoms. The Labute approximate surface area is 218 Å². The maximum Gasteiger partial charge on any atom is 0.134 e. The van der Waals surface area contributed by atoms with Crippen LogP contribution in [0.4, 0.5) is 4.39 Å². The van der Waals surface area contributed by atoms with Crippen LogP contribution < -0.4 is 0 Å². The van der Waals surface area contributed by atoms with E-state index >= 15 is 0 Å². The number of allylic oxidation sites excluding steroid dienone is 1. The molecule has 3 aromatic carbocycles. The second-order valence-electron chi connectivity index (χ2n) is 10.7. The van der Waals surface area contributed by atoms with E-state index in [1.54, 1.807) is 0 Å². The van der Waals surface area contributed by atoms with Crippen LogP contribution in [0, 0.1) is 29.5 Å². The van der Waals surface area contributed by atoms with Crippen LogP contribution in [0.1, 0.15) is 93.4 Å². The fourth-order valence-electron chi connectivity index (χ4n) is 5.61. The molecule has 0 bridgehead atoms. The van der Waals surface area contributed by atoms with Gasteiger partial charge in [0, 0.05) is 16.5 Å². The summed E-state index contributed by atoms with van der Waals surface area (Å²) in [4.78, 5) is 0. The van der Waals surface area contributed by atoms with Gasteiger partial charge in [0.2, 0.25) is 0 Å². The van der Waals surface area contributed by atoms with Crippen LogP contribution in [0.2, 0.25) is 0 Å². The molecule has 3 aromatic rings. The van der Waals surface area contributed by atoms with E-state index in [1.807, 2.05) is 30.3 Å². The molecule has 1 aliphatic rings. The molecule has 0 amide bonds. The van der Waals surface area contributed by atoms with Gasteiger partial charge < -0.3 is 0 Å². The van der Waals surface area contributed by atoms with E-state index in [4.69, 9.17) is 0 Å². The summed E-state index contributed by atoms with van der Waals surface area (Å²) in [6.07, 6.45) is 16.7. The molecular weight excluding hydrogens is 439 g/mol. The third-order valence-corrected chi connectivity index (χ3v) is 7.98. The minimum absolute atomic E-state index is 0.0700. The average molecular weight is 481 g/mol. The van der Waals surface area contributed by atoms with Gasteiger partial charge in [0.25, 0.3) is 0 Å². The Hall–Kier alpha value is -2.85. The van der Waals surface area contributed by atoms with Crippen molar-refractivity contribution in [2.24, 2.45) is 11.8 Å². The SMILES string of the molecule is C=CCCC1CCC(CCc2ccc(C#Cc3ccc4c(F)c(CCCCC)ccc4c3)cc2)CC1. The molecule has 0 spiro atoms. The molecule has 0 radical (unpaired) electrons. The molecule has 1 heteroatoms. The van der Waals surface area contributed by atoms with E-state index in [1.165, 1.54) is 50.5 Å². The van der Waals surface area contributed by atoms with Crippen molar-refractivity contribution < 1.29 is 4.39 Å². The van der Waals surface area contributed by atoms with Crippen molar-refractivity contribution in [3.05, 3.63) is 95.3 Å². The number of benzene rings is 3. The second kappa shape index (κ2) is 13.5. The van der Waals surface area contributed by atoms with Crippen LogP contribution in [0.25, 0.3) is 10.8 Å². The molecule has 4 rings (SSSR count). The monoisotopic (exact) mass is 480 g/mol. The first kappa shape index (κ1) is 26.2. The van der Waals surface area contributed by atoms with Crippen LogP contribution in [0.15, 0.2) is 67.3 Å². The van der Waals surface area contributed by atoms with Crippen molar-refractivity contribution in [3.8, 4) is 11.8 Å². The fourth-order valence-corrected chi connectivity index (χ4v) is 5.61. The molecule has 0 aromatic heterocycles. The number of fused-ring (bicyclic) bond motifs is 1. The maximum absolute atomic E-state index is 14.9. The van der Waals surface area contributed by atoms with Crippen LogP contribution >= 0.6 is 0 Å². The zero-order valence-corrected chi connectivity index (χ0v) is 22.0. The van der Waals surface area contributed by atoms with Crippen LogP contribution in [0.5, 0.6) is 0 Å². The van der Waals surface area contributed by atoms with Crippen molar-refractivity contribution in [1.29, 1.82) is 0 Å². The van der Waals surface area contributed by atoms with Gasteiger partial charge in [-0.25, -0.2) is 4.39 Å². The molecule has 0 heterocycles. The predicted molar refractivity (Wildman–Crippen MR) is 153 cm³/mol. The minimum atomic E-state index is -0.0700. The van der Waals surface area contributed by atoms with Crippen molar-refractivity contribution in [1.82, 2.24) is 0 Å². The van der Waals surface area contributed by atoms with E-state index in [2.05, 4.69) is 55.7 Å². The van der Waals surface area contributed by atoms with E-state index in [-0.39, 0.29) is 5.82 Å². The molecule has 1 aliphatic carbocycles. The summed E-state index contributed by atoms with van der Waals surface area (Å²) in [5.74, 6) is 8.30.